The van der Waals surface area contributed by atoms with Gasteiger partial charge in [0.1, 0.15) is 0 Å². The molecule has 0 atom stereocenters. The maximum atomic E-state index is 13.2. The first kappa shape index (κ1) is 23.0. The van der Waals surface area contributed by atoms with Crippen molar-refractivity contribution in [1.82, 2.24) is 9.78 Å². The van der Waals surface area contributed by atoms with Gasteiger partial charge in [0.2, 0.25) is 0 Å². The van der Waals surface area contributed by atoms with Crippen molar-refractivity contribution in [3.05, 3.63) is 74.0 Å². The lowest BCUT2D eigenvalue weighted by Gasteiger charge is -2.14. The number of hydrogen-bond donors (Lipinski definition) is 3. The van der Waals surface area contributed by atoms with Crippen molar-refractivity contribution in [1.29, 1.82) is 0 Å². The second kappa shape index (κ2) is 7.81. The van der Waals surface area contributed by atoms with Crippen molar-refractivity contribution in [2.24, 2.45) is 0 Å². The van der Waals surface area contributed by atoms with Crippen LogP contribution in [0.5, 0.6) is 11.5 Å². The van der Waals surface area contributed by atoms with Crippen molar-refractivity contribution in [3.8, 4) is 17.2 Å². The number of benzene rings is 2. The minimum absolute atomic E-state index is 0.0260. The minimum Gasteiger partial charge on any atom is -0.504 e. The van der Waals surface area contributed by atoms with Crippen molar-refractivity contribution in [2.45, 2.75) is 26.2 Å². The molecule has 3 aromatic rings. The Labute approximate surface area is 176 Å². The van der Waals surface area contributed by atoms with Crippen molar-refractivity contribution in [2.75, 3.05) is 0 Å². The van der Waals surface area contributed by atoms with Gasteiger partial charge in [-0.05, 0) is 55.8 Å². The number of phenolic OH excluding ortho intramolecular Hbond substituents is 2. The molecular formula is C21H16F6N2O3. The SMILES string of the molecule is CC(C)=c1[nH]n(-c2cc(C(F)(F)F)cc(C(F)(F)F)c2)c(=O)c1=Cc1ccc(O)c(O)c1. The average Bonchev–Trinajstić information content (AvgIpc) is 3.00. The fourth-order valence-corrected chi connectivity index (χ4v) is 3.01. The van der Waals surface area contributed by atoms with Crippen molar-refractivity contribution in [3.63, 3.8) is 0 Å². The lowest BCUT2D eigenvalue weighted by atomic mass is 10.1. The van der Waals surface area contributed by atoms with E-state index in [9.17, 15) is 41.4 Å². The number of hydrogen-bond acceptors (Lipinski definition) is 3. The number of aromatic nitrogens is 2. The number of alkyl halides is 6. The monoisotopic (exact) mass is 458 g/mol. The summed E-state index contributed by atoms with van der Waals surface area (Å²) < 4.78 is 79.8. The first-order chi connectivity index (χ1) is 14.7. The molecule has 11 heteroatoms. The van der Waals surface area contributed by atoms with Gasteiger partial charge in [-0.15, -0.1) is 0 Å². The normalized spacial score (nSPS) is 12.9. The molecule has 1 heterocycles. The lowest BCUT2D eigenvalue weighted by molar-refractivity contribution is -0.143. The fraction of sp³-hybridized carbons (Fsp3) is 0.190. The summed E-state index contributed by atoms with van der Waals surface area (Å²) in [5, 5.41) is 21.7. The van der Waals surface area contributed by atoms with Crippen LogP contribution in [0.3, 0.4) is 0 Å². The van der Waals surface area contributed by atoms with Gasteiger partial charge in [-0.25, -0.2) is 4.68 Å². The number of nitrogens with one attached hydrogen (secondary N) is 1. The summed E-state index contributed by atoms with van der Waals surface area (Å²) in [5.41, 5.74) is -3.87. The number of H-pyrrole nitrogens is 1. The summed E-state index contributed by atoms with van der Waals surface area (Å²) in [5.74, 6) is -0.878. The molecule has 170 valence electrons. The molecule has 32 heavy (non-hydrogen) atoms. The third-order valence-electron chi connectivity index (χ3n) is 4.57. The summed E-state index contributed by atoms with van der Waals surface area (Å²) in [4.78, 5) is 13.0. The number of nitrogens with zero attached hydrogens (tertiary/aromatic N) is 1. The summed E-state index contributed by atoms with van der Waals surface area (Å²) in [6.45, 7) is 3.18. The highest BCUT2D eigenvalue weighted by Gasteiger charge is 2.37. The van der Waals surface area contributed by atoms with Crippen LogP contribution in [0.2, 0.25) is 0 Å². The Kier molecular flexibility index (Phi) is 5.62. The van der Waals surface area contributed by atoms with Gasteiger partial charge in [0.25, 0.3) is 5.56 Å². The van der Waals surface area contributed by atoms with Gasteiger partial charge in [0, 0.05) is 0 Å². The highest BCUT2D eigenvalue weighted by molar-refractivity contribution is 5.56. The van der Waals surface area contributed by atoms with Gasteiger partial charge >= 0.3 is 12.4 Å². The summed E-state index contributed by atoms with van der Waals surface area (Å²) in [6.07, 6.45) is -8.85. The molecule has 0 amide bonds. The summed E-state index contributed by atoms with van der Waals surface area (Å²) >= 11 is 0. The molecule has 0 aliphatic heterocycles. The molecule has 0 bridgehead atoms. The maximum Gasteiger partial charge on any atom is 0.416 e. The minimum atomic E-state index is -5.07. The highest BCUT2D eigenvalue weighted by Crippen LogP contribution is 2.36. The molecule has 0 saturated carbocycles. The average molecular weight is 458 g/mol. The second-order valence-corrected chi connectivity index (χ2v) is 7.20. The Morgan fingerprint density at radius 2 is 1.47 bits per heavy atom. The predicted octanol–water partition coefficient (Wildman–Crippen LogP) is 3.63. The van der Waals surface area contributed by atoms with Gasteiger partial charge in [0.15, 0.2) is 11.5 Å². The maximum absolute atomic E-state index is 13.2. The second-order valence-electron chi connectivity index (χ2n) is 7.20. The van der Waals surface area contributed by atoms with Gasteiger partial charge in [-0.3, -0.25) is 9.89 Å². The van der Waals surface area contributed by atoms with E-state index in [1.807, 2.05) is 0 Å². The molecule has 3 rings (SSSR count). The molecule has 5 nitrogen and oxygen atoms in total. The van der Waals surface area contributed by atoms with Crippen LogP contribution < -0.4 is 16.1 Å². The molecule has 0 aliphatic carbocycles. The van der Waals surface area contributed by atoms with Crippen LogP contribution >= 0.6 is 0 Å². The van der Waals surface area contributed by atoms with Crippen LogP contribution in [0.1, 0.15) is 30.5 Å². The van der Waals surface area contributed by atoms with E-state index < -0.39 is 46.2 Å². The Hall–Kier alpha value is -3.63. The summed E-state index contributed by atoms with van der Waals surface area (Å²) in [6, 6.07) is 4.54. The largest absolute Gasteiger partial charge is 0.504 e. The molecular weight excluding hydrogens is 442 g/mol. The lowest BCUT2D eigenvalue weighted by Crippen LogP contribution is -2.35. The Bertz CT molecular complexity index is 1330. The molecule has 3 N–H and O–H groups in total. The van der Waals surface area contributed by atoms with Crippen LogP contribution in [0.25, 0.3) is 17.3 Å². The van der Waals surface area contributed by atoms with Gasteiger partial charge < -0.3 is 10.2 Å². The van der Waals surface area contributed by atoms with Crippen LogP contribution in [-0.4, -0.2) is 20.0 Å². The van der Waals surface area contributed by atoms with E-state index in [0.29, 0.717) is 22.4 Å². The quantitative estimate of drug-likeness (QED) is 0.406. The van der Waals surface area contributed by atoms with Gasteiger partial charge in [-0.2, -0.15) is 26.3 Å². The number of phenols is 2. The van der Waals surface area contributed by atoms with Gasteiger partial charge in [-0.1, -0.05) is 11.6 Å². The zero-order valence-electron chi connectivity index (χ0n) is 16.6. The first-order valence-corrected chi connectivity index (χ1v) is 9.00. The Morgan fingerprint density at radius 1 is 0.906 bits per heavy atom. The van der Waals surface area contributed by atoms with Crippen LogP contribution in [0.15, 0.2) is 41.2 Å². The zero-order chi connectivity index (χ0) is 24.0. The number of rotatable bonds is 2. The smallest absolute Gasteiger partial charge is 0.416 e. The molecule has 0 saturated heterocycles. The van der Waals surface area contributed by atoms with E-state index in [4.69, 9.17) is 0 Å². The molecule has 0 fully saturated rings. The van der Waals surface area contributed by atoms with E-state index in [1.54, 1.807) is 13.8 Å². The molecule has 2 aromatic carbocycles. The molecule has 0 unspecified atom stereocenters. The first-order valence-electron chi connectivity index (χ1n) is 9.00. The van der Waals surface area contributed by atoms with E-state index in [-0.39, 0.29) is 22.2 Å². The number of aromatic hydroxyl groups is 2. The van der Waals surface area contributed by atoms with Crippen molar-refractivity contribution < 1.29 is 36.6 Å². The van der Waals surface area contributed by atoms with Gasteiger partial charge in [0.05, 0.1) is 27.4 Å². The molecule has 1 aromatic heterocycles. The topological polar surface area (TPSA) is 78.2 Å². The fourth-order valence-electron chi connectivity index (χ4n) is 3.01. The van der Waals surface area contributed by atoms with Crippen molar-refractivity contribution >= 4 is 11.6 Å². The molecule has 0 aliphatic rings. The molecule has 0 radical (unpaired) electrons. The standard InChI is InChI=1S/C21H16F6N2O3/c1-10(2)18-15(5-11-3-4-16(30)17(31)6-11)19(32)29(28-18)14-8-12(20(22,23)24)7-13(9-14)21(25,26)27/h3-9,28,30-31H,1-2H3. The summed E-state index contributed by atoms with van der Waals surface area (Å²) in [7, 11) is 0. The third-order valence-corrected chi connectivity index (χ3v) is 4.57. The Morgan fingerprint density at radius 3 is 1.94 bits per heavy atom. The third kappa shape index (κ3) is 4.51. The number of halogens is 6. The van der Waals surface area contributed by atoms with Crippen LogP contribution in [0, 0.1) is 0 Å². The van der Waals surface area contributed by atoms with E-state index in [2.05, 4.69) is 5.10 Å². The number of aromatic amines is 1. The van der Waals surface area contributed by atoms with E-state index in [1.165, 1.54) is 12.1 Å². The Balaban J connectivity index is 2.35. The molecule has 0 spiro atoms. The van der Waals surface area contributed by atoms with Crippen LogP contribution in [-0.2, 0) is 12.4 Å². The highest BCUT2D eigenvalue weighted by atomic mass is 19.4. The predicted molar refractivity (Wildman–Crippen MR) is 104 cm³/mol. The van der Waals surface area contributed by atoms with E-state index >= 15 is 0 Å². The zero-order valence-corrected chi connectivity index (χ0v) is 16.6. The van der Waals surface area contributed by atoms with E-state index in [0.717, 1.165) is 12.1 Å². The van der Waals surface area contributed by atoms with Crippen LogP contribution in [0.4, 0.5) is 26.3 Å².